The third kappa shape index (κ3) is 5.92. The van der Waals surface area contributed by atoms with Crippen LogP contribution in [0.1, 0.15) is 59.9 Å². The van der Waals surface area contributed by atoms with Crippen molar-refractivity contribution in [3.63, 3.8) is 0 Å². The minimum atomic E-state index is -0.283. The average Bonchev–Trinajstić information content (AvgIpc) is 3.37. The maximum absolute atomic E-state index is 13.0. The monoisotopic (exact) mass is 464 g/mol. The number of carbonyl (C=O) groups is 3. The molecule has 0 aromatic carbocycles. The fraction of sp³-hybridized carbons (Fsp3) is 0.571. The first-order valence-electron chi connectivity index (χ1n) is 10.3. The number of thiazole rings is 1. The number of hydrogen-bond donors (Lipinski definition) is 2. The molecule has 1 fully saturated rings. The summed E-state index contributed by atoms with van der Waals surface area (Å²) in [4.78, 5) is 46.8. The Morgan fingerprint density at radius 1 is 1.28 bits per heavy atom. The first-order valence-corrected chi connectivity index (χ1v) is 11.2. The Morgan fingerprint density at radius 3 is 2.47 bits per heavy atom. The number of carbonyl (C=O) groups excluding carboxylic acids is 2. The number of likely N-dealkylation sites (N-methyl/N-ethyl adjacent to an activating group) is 1. The van der Waals surface area contributed by atoms with Crippen LogP contribution < -0.4 is 5.32 Å². The van der Waals surface area contributed by atoms with Crippen molar-refractivity contribution in [2.24, 2.45) is 13.0 Å². The molecule has 1 aliphatic heterocycles. The Balaban J connectivity index is 0.00000114. The number of aryl methyl sites for hydroxylation is 1. The maximum Gasteiger partial charge on any atom is 0.290 e. The second-order valence-corrected chi connectivity index (χ2v) is 9.58. The van der Waals surface area contributed by atoms with Gasteiger partial charge in [0.05, 0.1) is 6.04 Å². The maximum atomic E-state index is 13.0. The van der Waals surface area contributed by atoms with Crippen LogP contribution in [0.15, 0.2) is 17.8 Å². The lowest BCUT2D eigenvalue weighted by Crippen LogP contribution is -2.58. The zero-order valence-corrected chi connectivity index (χ0v) is 20.2. The quantitative estimate of drug-likeness (QED) is 0.648. The van der Waals surface area contributed by atoms with Gasteiger partial charge in [0.1, 0.15) is 10.7 Å². The fourth-order valence-corrected chi connectivity index (χ4v) is 4.42. The number of imidazole rings is 1. The van der Waals surface area contributed by atoms with E-state index in [0.29, 0.717) is 24.6 Å². The summed E-state index contributed by atoms with van der Waals surface area (Å²) in [6, 6.07) is -0.283. The lowest BCUT2D eigenvalue weighted by Gasteiger charge is -2.45. The Morgan fingerprint density at radius 2 is 1.94 bits per heavy atom. The van der Waals surface area contributed by atoms with Crippen molar-refractivity contribution in [1.82, 2.24) is 29.7 Å². The number of hydrogen-bond acceptors (Lipinski definition) is 7. The van der Waals surface area contributed by atoms with Gasteiger partial charge in [0.15, 0.2) is 5.82 Å². The lowest BCUT2D eigenvalue weighted by molar-refractivity contribution is -0.122. The van der Waals surface area contributed by atoms with Crippen molar-refractivity contribution in [2.45, 2.75) is 39.3 Å². The van der Waals surface area contributed by atoms with Gasteiger partial charge in [0, 0.05) is 50.0 Å². The number of amides is 2. The molecule has 2 aromatic heterocycles. The van der Waals surface area contributed by atoms with Crippen molar-refractivity contribution >= 4 is 29.6 Å². The van der Waals surface area contributed by atoms with Crippen LogP contribution in [0.5, 0.6) is 0 Å². The van der Waals surface area contributed by atoms with Crippen molar-refractivity contribution in [1.29, 1.82) is 0 Å². The van der Waals surface area contributed by atoms with Crippen LogP contribution in [-0.4, -0.2) is 79.9 Å². The van der Waals surface area contributed by atoms with Gasteiger partial charge in [-0.05, 0) is 26.8 Å². The molecule has 0 radical (unpaired) electrons. The minimum Gasteiger partial charge on any atom is -0.483 e. The summed E-state index contributed by atoms with van der Waals surface area (Å²) in [5.41, 5.74) is 0.380. The number of nitrogens with zero attached hydrogens (tertiary/aromatic N) is 5. The van der Waals surface area contributed by atoms with E-state index in [1.807, 2.05) is 18.7 Å². The smallest absolute Gasteiger partial charge is 0.290 e. The van der Waals surface area contributed by atoms with Gasteiger partial charge in [-0.25, -0.2) is 9.97 Å². The van der Waals surface area contributed by atoms with E-state index in [2.05, 4.69) is 41.1 Å². The molecule has 0 saturated carbocycles. The summed E-state index contributed by atoms with van der Waals surface area (Å²) < 4.78 is 1.68. The highest BCUT2D eigenvalue weighted by Crippen LogP contribution is 2.27. The van der Waals surface area contributed by atoms with Gasteiger partial charge < -0.3 is 19.9 Å². The number of rotatable bonds is 5. The summed E-state index contributed by atoms with van der Waals surface area (Å²) in [5.74, 6) is 0.172. The van der Waals surface area contributed by atoms with Gasteiger partial charge in [-0.15, -0.1) is 11.3 Å². The molecule has 11 heteroatoms. The number of nitrogens with one attached hydrogen (secondary N) is 1. The van der Waals surface area contributed by atoms with E-state index in [4.69, 9.17) is 9.90 Å². The molecule has 176 valence electrons. The molecule has 2 N–H and O–H groups in total. The Hall–Kier alpha value is -2.79. The largest absolute Gasteiger partial charge is 0.483 e. The fourth-order valence-electron chi connectivity index (χ4n) is 3.41. The van der Waals surface area contributed by atoms with Crippen LogP contribution in [0.3, 0.4) is 0 Å². The Bertz CT molecular complexity index is 938. The van der Waals surface area contributed by atoms with Crippen LogP contribution >= 0.6 is 11.3 Å². The van der Waals surface area contributed by atoms with Crippen LogP contribution in [-0.2, 0) is 11.8 Å². The van der Waals surface area contributed by atoms with Gasteiger partial charge in [-0.2, -0.15) is 0 Å². The molecule has 0 spiro atoms. The molecule has 1 atom stereocenters. The SMILES string of the molecule is CC(C)[C@H](NC(=O)c1nccn1C)c1nc(C(=O)N2CCN(C)C(C)(C)C2)cs1.O=CO. The third-order valence-electron chi connectivity index (χ3n) is 5.59. The highest BCUT2D eigenvalue weighted by molar-refractivity contribution is 7.09. The van der Waals surface area contributed by atoms with E-state index < -0.39 is 0 Å². The molecule has 0 bridgehead atoms. The van der Waals surface area contributed by atoms with Crippen LogP contribution in [0.25, 0.3) is 0 Å². The number of piperazine rings is 1. The molecule has 3 heterocycles. The summed E-state index contributed by atoms with van der Waals surface area (Å²) in [7, 11) is 3.87. The summed E-state index contributed by atoms with van der Waals surface area (Å²) in [6.45, 7) is 10.3. The minimum absolute atomic E-state index is 0.0494. The predicted octanol–water partition coefficient (Wildman–Crippen LogP) is 1.87. The second-order valence-electron chi connectivity index (χ2n) is 8.69. The molecule has 10 nitrogen and oxygen atoms in total. The van der Waals surface area contributed by atoms with E-state index >= 15 is 0 Å². The van der Waals surface area contributed by atoms with E-state index in [9.17, 15) is 9.59 Å². The number of carboxylic acid groups (broad SMARTS) is 1. The average molecular weight is 465 g/mol. The molecule has 0 unspecified atom stereocenters. The molecule has 32 heavy (non-hydrogen) atoms. The van der Waals surface area contributed by atoms with Crippen molar-refractivity contribution in [3.8, 4) is 0 Å². The normalized spacial score (nSPS) is 16.8. The summed E-state index contributed by atoms with van der Waals surface area (Å²) in [6.07, 6.45) is 3.33. The standard InChI is InChI=1S/C20H30N6O2S.CH2O2/c1-13(2)15(23-17(27)16-21-7-8-24(16)5)18-22-14(11-29-18)19(28)26-10-9-25(6)20(3,4)12-26;2-1-3/h7-8,11,13,15H,9-10,12H2,1-6H3,(H,23,27);1H,(H,2,3)/t15-;/m0./s1. The zero-order chi connectivity index (χ0) is 24.1. The van der Waals surface area contributed by atoms with Gasteiger partial charge in [-0.1, -0.05) is 13.8 Å². The Labute approximate surface area is 192 Å². The van der Waals surface area contributed by atoms with Crippen molar-refractivity contribution in [2.75, 3.05) is 26.7 Å². The molecule has 2 aromatic rings. The van der Waals surface area contributed by atoms with Crippen LogP contribution in [0.4, 0.5) is 0 Å². The van der Waals surface area contributed by atoms with Gasteiger partial charge in [0.25, 0.3) is 18.3 Å². The highest BCUT2D eigenvalue weighted by Gasteiger charge is 2.34. The first-order chi connectivity index (χ1) is 15.0. The topological polar surface area (TPSA) is 121 Å². The molecule has 3 rings (SSSR count). The lowest BCUT2D eigenvalue weighted by atomic mass is 9.99. The zero-order valence-electron chi connectivity index (χ0n) is 19.4. The van der Waals surface area contributed by atoms with Crippen LogP contribution in [0.2, 0.25) is 0 Å². The van der Waals surface area contributed by atoms with Crippen LogP contribution in [0, 0.1) is 5.92 Å². The molecule has 2 amide bonds. The van der Waals surface area contributed by atoms with Crippen molar-refractivity contribution in [3.05, 3.63) is 34.3 Å². The Kier molecular flexibility index (Phi) is 8.51. The van der Waals surface area contributed by atoms with Crippen molar-refractivity contribution < 1.29 is 19.5 Å². The molecular weight excluding hydrogens is 432 g/mol. The number of aromatic nitrogens is 3. The van der Waals surface area contributed by atoms with Gasteiger partial charge in [-0.3, -0.25) is 19.3 Å². The van der Waals surface area contributed by atoms with E-state index in [1.165, 1.54) is 11.3 Å². The molecule has 1 saturated heterocycles. The van der Waals surface area contributed by atoms with Gasteiger partial charge >= 0.3 is 0 Å². The first kappa shape index (κ1) is 25.5. The molecule has 1 aliphatic rings. The summed E-state index contributed by atoms with van der Waals surface area (Å²) in [5, 5.41) is 12.4. The molecule has 0 aliphatic carbocycles. The molecular formula is C21H32N6O4S. The highest BCUT2D eigenvalue weighted by atomic mass is 32.1. The van der Waals surface area contributed by atoms with E-state index in [1.54, 1.807) is 29.4 Å². The van der Waals surface area contributed by atoms with E-state index in [0.717, 1.165) is 11.6 Å². The predicted molar refractivity (Wildman–Crippen MR) is 122 cm³/mol. The van der Waals surface area contributed by atoms with Gasteiger partial charge in [0.2, 0.25) is 0 Å². The summed E-state index contributed by atoms with van der Waals surface area (Å²) >= 11 is 1.41. The van der Waals surface area contributed by atoms with E-state index in [-0.39, 0.29) is 35.8 Å². The third-order valence-corrected chi connectivity index (χ3v) is 6.52. The second kappa shape index (κ2) is 10.7.